The van der Waals surface area contributed by atoms with Crippen LogP contribution in [0.1, 0.15) is 66.2 Å². The third kappa shape index (κ3) is 7.12. The Morgan fingerprint density at radius 3 is 2.05 bits per heavy atom. The highest BCUT2D eigenvalue weighted by Gasteiger charge is 2.33. The van der Waals surface area contributed by atoms with Gasteiger partial charge >= 0.3 is 0 Å². The summed E-state index contributed by atoms with van der Waals surface area (Å²) in [5, 5.41) is 25.9. The highest BCUT2D eigenvalue weighted by Crippen LogP contribution is 2.31. The third-order valence-electron chi connectivity index (χ3n) is 6.70. The van der Waals surface area contributed by atoms with Crippen LogP contribution in [0.4, 0.5) is 0 Å². The molecule has 8 nitrogen and oxygen atoms in total. The summed E-state index contributed by atoms with van der Waals surface area (Å²) in [4.78, 5) is 41.9. The van der Waals surface area contributed by atoms with Gasteiger partial charge in [0.25, 0.3) is 0 Å². The van der Waals surface area contributed by atoms with Crippen LogP contribution in [0.5, 0.6) is 11.8 Å². The van der Waals surface area contributed by atoms with Crippen molar-refractivity contribution in [1.82, 2.24) is 15.6 Å². The number of hydrogen-bond acceptors (Lipinski definition) is 5. The van der Waals surface area contributed by atoms with Gasteiger partial charge < -0.3 is 20.8 Å². The van der Waals surface area contributed by atoms with Crippen molar-refractivity contribution in [2.24, 2.45) is 5.92 Å². The summed E-state index contributed by atoms with van der Waals surface area (Å²) < 4.78 is 0. The van der Waals surface area contributed by atoms with Gasteiger partial charge in [0, 0.05) is 11.6 Å². The minimum Gasteiger partial charge on any atom is -0.494 e. The summed E-state index contributed by atoms with van der Waals surface area (Å²) in [6, 6.07) is 17.0. The lowest BCUT2D eigenvalue weighted by Crippen LogP contribution is -2.47. The molecule has 0 aliphatic heterocycles. The minimum atomic E-state index is -0.914. The number of carbonyl (C=O) groups is 3. The molecule has 3 aromatic rings. The van der Waals surface area contributed by atoms with Crippen LogP contribution in [-0.2, 0) is 9.59 Å². The molecule has 0 aliphatic carbocycles. The normalized spacial score (nSPS) is 12.8. The number of hydrogen-bond donors (Lipinski definition) is 5. The molecule has 0 saturated carbocycles. The Morgan fingerprint density at radius 1 is 0.895 bits per heavy atom. The zero-order valence-electron chi connectivity index (χ0n) is 21.9. The zero-order valence-corrected chi connectivity index (χ0v) is 21.9. The number of amides is 2. The molecule has 0 aliphatic rings. The predicted octanol–water partition coefficient (Wildman–Crippen LogP) is 4.80. The highest BCUT2D eigenvalue weighted by atomic mass is 16.3. The zero-order chi connectivity index (χ0) is 27.7. The SMILES string of the molecule is CCC(CC)C(NC(=O)C[C@H](NC(=O)C=Cc1ccccc1)c1ccccc1)C(=O)c1c(O)[nH]c(O)c1C. The highest BCUT2D eigenvalue weighted by molar-refractivity contribution is 6.05. The van der Waals surface area contributed by atoms with E-state index in [1.54, 1.807) is 6.08 Å². The van der Waals surface area contributed by atoms with Crippen LogP contribution >= 0.6 is 0 Å². The van der Waals surface area contributed by atoms with E-state index in [9.17, 15) is 24.6 Å². The molecule has 38 heavy (non-hydrogen) atoms. The second kappa shape index (κ2) is 13.3. The van der Waals surface area contributed by atoms with Crippen molar-refractivity contribution in [3.05, 3.63) is 89.0 Å². The average molecular weight is 518 g/mol. The van der Waals surface area contributed by atoms with Crippen LogP contribution < -0.4 is 10.6 Å². The number of ketones is 1. The lowest BCUT2D eigenvalue weighted by atomic mass is 9.87. The summed E-state index contributed by atoms with van der Waals surface area (Å²) in [5.41, 5.74) is 1.80. The Kier molecular flexibility index (Phi) is 9.87. The summed E-state index contributed by atoms with van der Waals surface area (Å²) in [5.74, 6) is -2.18. The molecule has 2 atom stereocenters. The van der Waals surface area contributed by atoms with Crippen LogP contribution in [-0.4, -0.2) is 38.8 Å². The molecule has 200 valence electrons. The summed E-state index contributed by atoms with van der Waals surface area (Å²) in [6.07, 6.45) is 4.26. The van der Waals surface area contributed by atoms with Gasteiger partial charge in [-0.2, -0.15) is 0 Å². The van der Waals surface area contributed by atoms with Gasteiger partial charge in [-0.1, -0.05) is 87.4 Å². The van der Waals surface area contributed by atoms with Crippen LogP contribution in [0.2, 0.25) is 0 Å². The molecular formula is C30H35N3O5. The maximum Gasteiger partial charge on any atom is 0.244 e. The van der Waals surface area contributed by atoms with Crippen molar-refractivity contribution < 1.29 is 24.6 Å². The molecule has 3 rings (SSSR count). The van der Waals surface area contributed by atoms with Gasteiger partial charge in [0.2, 0.25) is 17.7 Å². The summed E-state index contributed by atoms with van der Waals surface area (Å²) in [6.45, 7) is 5.37. The van der Waals surface area contributed by atoms with Gasteiger partial charge in [-0.3, -0.25) is 19.4 Å². The van der Waals surface area contributed by atoms with Crippen LogP contribution in [0.3, 0.4) is 0 Å². The number of Topliss-reactive ketones (excluding diaryl/α,β-unsaturated/α-hetero) is 1. The summed E-state index contributed by atoms with van der Waals surface area (Å²) in [7, 11) is 0. The smallest absolute Gasteiger partial charge is 0.244 e. The standard InChI is InChI=1S/C30H35N3O5/c1-4-21(5-2)27(28(36)26-19(3)29(37)33-30(26)38)32-25(35)18-23(22-14-10-7-11-15-22)31-24(34)17-16-20-12-8-6-9-13-20/h6-17,21,23,27,33,37-38H,4-5,18H2,1-3H3,(H,31,34)(H,32,35)/t23-,27?/m0/s1. The number of aromatic amines is 1. The van der Waals surface area contributed by atoms with Gasteiger partial charge in [0.1, 0.15) is 0 Å². The second-order valence-corrected chi connectivity index (χ2v) is 9.23. The summed E-state index contributed by atoms with van der Waals surface area (Å²) >= 11 is 0. The van der Waals surface area contributed by atoms with Gasteiger partial charge in [-0.05, 0) is 30.0 Å². The number of carbonyl (C=O) groups excluding carboxylic acids is 3. The Hall–Kier alpha value is -4.33. The second-order valence-electron chi connectivity index (χ2n) is 9.23. The van der Waals surface area contributed by atoms with E-state index >= 15 is 0 Å². The minimum absolute atomic E-state index is 0.0429. The van der Waals surface area contributed by atoms with Crippen LogP contribution in [0.25, 0.3) is 6.08 Å². The Morgan fingerprint density at radius 2 is 1.50 bits per heavy atom. The molecule has 0 bridgehead atoms. The first-order valence-electron chi connectivity index (χ1n) is 12.8. The number of rotatable bonds is 12. The fourth-order valence-electron chi connectivity index (χ4n) is 4.49. The largest absolute Gasteiger partial charge is 0.494 e. The first-order valence-corrected chi connectivity index (χ1v) is 12.8. The van der Waals surface area contributed by atoms with Crippen molar-refractivity contribution in [3.63, 3.8) is 0 Å². The molecule has 2 amide bonds. The first kappa shape index (κ1) is 28.2. The van der Waals surface area contributed by atoms with E-state index in [0.29, 0.717) is 12.8 Å². The van der Waals surface area contributed by atoms with E-state index in [4.69, 9.17) is 0 Å². The van der Waals surface area contributed by atoms with E-state index in [-0.39, 0.29) is 35.3 Å². The lowest BCUT2D eigenvalue weighted by Gasteiger charge is -2.26. The van der Waals surface area contributed by atoms with Crippen molar-refractivity contribution in [1.29, 1.82) is 0 Å². The van der Waals surface area contributed by atoms with E-state index in [1.165, 1.54) is 13.0 Å². The molecule has 0 saturated heterocycles. The van der Waals surface area contributed by atoms with Gasteiger partial charge in [-0.25, -0.2) is 0 Å². The number of H-pyrrole nitrogens is 1. The van der Waals surface area contributed by atoms with Crippen LogP contribution in [0.15, 0.2) is 66.7 Å². The molecule has 5 N–H and O–H groups in total. The fraction of sp³-hybridized carbons (Fsp3) is 0.300. The van der Waals surface area contributed by atoms with E-state index in [2.05, 4.69) is 15.6 Å². The average Bonchev–Trinajstić information content (AvgIpc) is 3.18. The van der Waals surface area contributed by atoms with Crippen molar-refractivity contribution >= 4 is 23.7 Å². The van der Waals surface area contributed by atoms with Gasteiger partial charge in [0.15, 0.2) is 11.7 Å². The Bertz CT molecular complexity index is 1260. The number of aromatic nitrogens is 1. The monoisotopic (exact) mass is 517 g/mol. The Balaban J connectivity index is 1.80. The maximum atomic E-state index is 13.5. The molecule has 2 aromatic carbocycles. The number of benzene rings is 2. The molecule has 8 heteroatoms. The molecule has 1 unspecified atom stereocenters. The van der Waals surface area contributed by atoms with E-state index in [1.807, 2.05) is 74.5 Å². The maximum absolute atomic E-state index is 13.5. The molecule has 1 aromatic heterocycles. The topological polar surface area (TPSA) is 132 Å². The fourth-order valence-corrected chi connectivity index (χ4v) is 4.49. The third-order valence-corrected chi connectivity index (χ3v) is 6.70. The first-order chi connectivity index (χ1) is 18.2. The van der Waals surface area contributed by atoms with E-state index < -0.39 is 29.7 Å². The van der Waals surface area contributed by atoms with Gasteiger partial charge in [0.05, 0.1) is 24.1 Å². The van der Waals surface area contributed by atoms with Crippen LogP contribution in [0, 0.1) is 12.8 Å². The molecular weight excluding hydrogens is 482 g/mol. The molecule has 0 fully saturated rings. The van der Waals surface area contributed by atoms with Crippen molar-refractivity contribution in [2.45, 2.75) is 52.1 Å². The Labute approximate surface area is 222 Å². The predicted molar refractivity (Wildman–Crippen MR) is 147 cm³/mol. The quantitative estimate of drug-likeness (QED) is 0.174. The molecule has 0 spiro atoms. The molecule has 0 radical (unpaired) electrons. The van der Waals surface area contributed by atoms with Gasteiger partial charge in [-0.15, -0.1) is 0 Å². The van der Waals surface area contributed by atoms with E-state index in [0.717, 1.165) is 11.1 Å². The lowest BCUT2D eigenvalue weighted by molar-refractivity contribution is -0.123. The number of nitrogens with one attached hydrogen (secondary N) is 3. The van der Waals surface area contributed by atoms with Crippen molar-refractivity contribution in [3.8, 4) is 11.8 Å². The van der Waals surface area contributed by atoms with Crippen molar-refractivity contribution in [2.75, 3.05) is 0 Å². The molecule has 1 heterocycles. The number of aromatic hydroxyl groups is 2.